The van der Waals surface area contributed by atoms with Crippen molar-refractivity contribution in [3.8, 4) is 0 Å². The second kappa shape index (κ2) is 18.0. The Bertz CT molecular complexity index is 2580. The van der Waals surface area contributed by atoms with Crippen LogP contribution in [0.3, 0.4) is 0 Å². The van der Waals surface area contributed by atoms with Crippen LogP contribution in [0, 0.1) is 5.92 Å². The number of benzene rings is 1. The SMILES string of the molecule is Cn1c(=O)n(C2CCC(=O)NC2=O)c2cccc(CCCOC3CCN(C(=O)C4CCC(n5cc(NC(=O)c6cnn7ccc(N8CCOCC8)nc67)c(C(F)F)n5)CC4)CC3)c21. The number of piperidine rings is 2. The van der Waals surface area contributed by atoms with Gasteiger partial charge < -0.3 is 24.6 Å². The molecule has 3 saturated heterocycles. The number of hydrogen-bond donors (Lipinski definition) is 2. The third-order valence-corrected chi connectivity index (χ3v) is 13.0. The zero-order valence-electron chi connectivity index (χ0n) is 35.1. The van der Waals surface area contributed by atoms with Gasteiger partial charge in [-0.3, -0.25) is 38.3 Å². The number of halogens is 2. The van der Waals surface area contributed by atoms with Crippen LogP contribution in [-0.2, 0) is 37.3 Å². The smallest absolute Gasteiger partial charge is 0.329 e. The number of carbonyl (C=O) groups is 4. The van der Waals surface area contributed by atoms with Crippen LogP contribution in [0.5, 0.6) is 0 Å². The lowest BCUT2D eigenvalue weighted by molar-refractivity contribution is -0.139. The lowest BCUT2D eigenvalue weighted by Crippen LogP contribution is -2.44. The van der Waals surface area contributed by atoms with Crippen LogP contribution >= 0.6 is 0 Å². The molecule has 63 heavy (non-hydrogen) atoms. The lowest BCUT2D eigenvalue weighted by atomic mass is 9.85. The average Bonchev–Trinajstić information content (AvgIpc) is 4.00. The number of ether oxygens (including phenoxy) is 2. The fourth-order valence-corrected chi connectivity index (χ4v) is 9.58. The van der Waals surface area contributed by atoms with E-state index < -0.39 is 30.0 Å². The van der Waals surface area contributed by atoms with Crippen LogP contribution in [0.2, 0.25) is 0 Å². The van der Waals surface area contributed by atoms with Crippen molar-refractivity contribution in [1.82, 2.24) is 43.7 Å². The van der Waals surface area contributed by atoms with E-state index in [0.29, 0.717) is 95.1 Å². The molecule has 1 saturated carbocycles. The first kappa shape index (κ1) is 42.3. The molecule has 1 atom stereocenters. The molecule has 4 amide bonds. The number of likely N-dealkylation sites (tertiary alicyclic amines) is 1. The van der Waals surface area contributed by atoms with Gasteiger partial charge in [0.25, 0.3) is 12.3 Å². The van der Waals surface area contributed by atoms with E-state index in [2.05, 4.69) is 25.8 Å². The number of aromatic nitrogens is 7. The highest BCUT2D eigenvalue weighted by atomic mass is 19.3. The molecule has 4 fully saturated rings. The van der Waals surface area contributed by atoms with Crippen molar-refractivity contribution in [1.29, 1.82) is 0 Å². The van der Waals surface area contributed by atoms with Crippen LogP contribution in [0.4, 0.5) is 20.3 Å². The minimum absolute atomic E-state index is 0.0220. The number of morpholine rings is 1. The number of fused-ring (bicyclic) bond motifs is 2. The van der Waals surface area contributed by atoms with E-state index in [1.807, 2.05) is 34.1 Å². The highest BCUT2D eigenvalue weighted by molar-refractivity contribution is 6.08. The van der Waals surface area contributed by atoms with Gasteiger partial charge in [0.2, 0.25) is 17.7 Å². The summed E-state index contributed by atoms with van der Waals surface area (Å²) in [5.74, 6) is -0.807. The van der Waals surface area contributed by atoms with Crippen LogP contribution < -0.4 is 21.2 Å². The number of rotatable bonds is 12. The molecule has 7 heterocycles. The molecule has 4 aromatic heterocycles. The van der Waals surface area contributed by atoms with E-state index >= 15 is 0 Å². The first-order chi connectivity index (χ1) is 30.5. The Morgan fingerprint density at radius 1 is 1.00 bits per heavy atom. The number of anilines is 2. The van der Waals surface area contributed by atoms with Crippen molar-refractivity contribution < 1.29 is 37.4 Å². The number of nitrogens with one attached hydrogen (secondary N) is 2. The second-order valence-electron chi connectivity index (χ2n) is 16.8. The maximum atomic E-state index is 14.3. The summed E-state index contributed by atoms with van der Waals surface area (Å²) in [6.45, 7) is 4.15. The van der Waals surface area contributed by atoms with Gasteiger partial charge in [-0.25, -0.2) is 23.1 Å². The Hall–Kier alpha value is -6.02. The highest BCUT2D eigenvalue weighted by Gasteiger charge is 2.35. The topological polar surface area (TPSA) is 192 Å². The summed E-state index contributed by atoms with van der Waals surface area (Å²) in [7, 11) is 1.70. The summed E-state index contributed by atoms with van der Waals surface area (Å²) in [5.41, 5.74) is 1.96. The van der Waals surface area contributed by atoms with Gasteiger partial charge in [-0.05, 0) is 75.5 Å². The third kappa shape index (κ3) is 8.57. The number of hydrogen-bond acceptors (Lipinski definition) is 11. The fourth-order valence-electron chi connectivity index (χ4n) is 9.58. The average molecular weight is 872 g/mol. The number of carbonyl (C=O) groups excluding carboxylic acids is 4. The van der Waals surface area contributed by atoms with Crippen molar-refractivity contribution >= 4 is 51.8 Å². The van der Waals surface area contributed by atoms with Crippen molar-refractivity contribution in [2.24, 2.45) is 13.0 Å². The van der Waals surface area contributed by atoms with Gasteiger partial charge in [0.15, 0.2) is 11.3 Å². The van der Waals surface area contributed by atoms with Gasteiger partial charge in [-0.1, -0.05) is 12.1 Å². The van der Waals surface area contributed by atoms with E-state index in [-0.39, 0.29) is 59.7 Å². The van der Waals surface area contributed by atoms with Gasteiger partial charge in [0.05, 0.1) is 48.3 Å². The zero-order valence-corrected chi connectivity index (χ0v) is 35.1. The van der Waals surface area contributed by atoms with Crippen molar-refractivity contribution in [3.63, 3.8) is 0 Å². The lowest BCUT2D eigenvalue weighted by Gasteiger charge is -2.36. The van der Waals surface area contributed by atoms with Crippen molar-refractivity contribution in [3.05, 3.63) is 70.2 Å². The van der Waals surface area contributed by atoms with Crippen LogP contribution in [-0.4, -0.2) is 114 Å². The van der Waals surface area contributed by atoms with Crippen LogP contribution in [0.15, 0.2) is 47.7 Å². The number of nitrogens with zero attached hydrogens (tertiary/aromatic N) is 9. The van der Waals surface area contributed by atoms with Crippen LogP contribution in [0.25, 0.3) is 16.7 Å². The summed E-state index contributed by atoms with van der Waals surface area (Å²) in [6, 6.07) is 6.55. The second-order valence-corrected chi connectivity index (χ2v) is 16.8. The van der Waals surface area contributed by atoms with Gasteiger partial charge >= 0.3 is 5.69 Å². The Morgan fingerprint density at radius 2 is 1.78 bits per heavy atom. The maximum Gasteiger partial charge on any atom is 0.329 e. The minimum Gasteiger partial charge on any atom is -0.378 e. The molecule has 1 aliphatic carbocycles. The number of amides is 4. The van der Waals surface area contributed by atoms with E-state index in [1.165, 1.54) is 26.2 Å². The Morgan fingerprint density at radius 3 is 2.52 bits per heavy atom. The summed E-state index contributed by atoms with van der Waals surface area (Å²) in [6.07, 6.45) is 7.28. The molecule has 20 heteroatoms. The van der Waals surface area contributed by atoms with E-state index in [9.17, 15) is 32.8 Å². The number of alkyl halides is 2. The van der Waals surface area contributed by atoms with E-state index in [1.54, 1.807) is 17.8 Å². The van der Waals surface area contributed by atoms with Crippen LogP contribution in [0.1, 0.15) is 97.9 Å². The Labute approximate surface area is 360 Å². The number of imide groups is 1. The normalized spacial score (nSPS) is 21.4. The molecule has 0 spiro atoms. The first-order valence-electron chi connectivity index (χ1n) is 21.8. The molecule has 3 aliphatic heterocycles. The molecular formula is C43H51F2N11O7. The molecule has 1 unspecified atom stereocenters. The summed E-state index contributed by atoms with van der Waals surface area (Å²) >= 11 is 0. The van der Waals surface area contributed by atoms with Gasteiger partial charge in [0.1, 0.15) is 17.4 Å². The van der Waals surface area contributed by atoms with Gasteiger partial charge in [-0.15, -0.1) is 0 Å². The quantitative estimate of drug-likeness (QED) is 0.136. The van der Waals surface area contributed by atoms with Gasteiger partial charge in [0, 0.05) is 64.6 Å². The third-order valence-electron chi connectivity index (χ3n) is 13.0. The molecule has 18 nitrogen and oxygen atoms in total. The summed E-state index contributed by atoms with van der Waals surface area (Å²) in [4.78, 5) is 73.3. The Kier molecular flexibility index (Phi) is 12.1. The number of aryl methyl sites for hydroxylation is 2. The molecule has 0 radical (unpaired) electrons. The first-order valence-corrected chi connectivity index (χ1v) is 21.8. The Balaban J connectivity index is 0.744. The monoisotopic (exact) mass is 871 g/mol. The number of para-hydroxylation sites is 1. The largest absolute Gasteiger partial charge is 0.378 e. The van der Waals surface area contributed by atoms with E-state index in [0.717, 1.165) is 30.3 Å². The fraction of sp³-hybridized carbons (Fsp3) is 0.535. The maximum absolute atomic E-state index is 14.3. The summed E-state index contributed by atoms with van der Waals surface area (Å²) < 4.78 is 46.2. The van der Waals surface area contributed by atoms with Gasteiger partial charge in [-0.2, -0.15) is 10.2 Å². The molecule has 2 N–H and O–H groups in total. The highest BCUT2D eigenvalue weighted by Crippen LogP contribution is 2.36. The standard InChI is InChI=1S/C43H51F2N11O7/c1-51-37-26(4-2-6-32(37)56(43(51)61)33-11-12-35(57)49-41(33)59)5-3-21-63-29-13-16-53(17-14-29)42(60)27-7-9-28(10-8-27)55-25-31(36(50-55)38(44)45)47-40(58)30-24-46-54-18-15-34(48-39(30)54)52-19-22-62-23-20-52/h2,4,6,15,18,24-25,27-29,33,38H,3,5,7-14,16-17,19-23H2,1H3,(H,47,58)(H,49,57,59). The van der Waals surface area contributed by atoms with Crippen molar-refractivity contribution in [2.45, 2.75) is 88.8 Å². The molecule has 334 valence electrons. The molecule has 1 aromatic carbocycles. The zero-order chi connectivity index (χ0) is 43.8. The molecule has 4 aliphatic rings. The predicted molar refractivity (Wildman–Crippen MR) is 225 cm³/mol. The van der Waals surface area contributed by atoms with E-state index in [4.69, 9.17) is 9.47 Å². The summed E-state index contributed by atoms with van der Waals surface area (Å²) in [5, 5.41) is 13.4. The molecule has 0 bridgehead atoms. The minimum atomic E-state index is -2.92. The molecule has 9 rings (SSSR count). The van der Waals surface area contributed by atoms with Crippen molar-refractivity contribution in [2.75, 3.05) is 56.2 Å². The predicted octanol–water partition coefficient (Wildman–Crippen LogP) is 3.96. The molecule has 5 aromatic rings. The molecular weight excluding hydrogens is 821 g/mol. The number of imidazole rings is 1.